The van der Waals surface area contributed by atoms with Crippen molar-refractivity contribution in [3.05, 3.63) is 66.0 Å². The summed E-state index contributed by atoms with van der Waals surface area (Å²) in [5, 5.41) is 0.579. The maximum absolute atomic E-state index is 12.5. The van der Waals surface area contributed by atoms with Gasteiger partial charge in [0, 0.05) is 15.6 Å². The molecule has 0 bridgehead atoms. The molecule has 1 aliphatic rings. The number of amides is 2. The van der Waals surface area contributed by atoms with Crippen LogP contribution < -0.4 is 4.74 Å². The predicted molar refractivity (Wildman–Crippen MR) is 129 cm³/mol. The van der Waals surface area contributed by atoms with Gasteiger partial charge in [0.05, 0.1) is 15.1 Å². The van der Waals surface area contributed by atoms with E-state index in [1.54, 1.807) is 43.3 Å². The van der Waals surface area contributed by atoms with Crippen molar-refractivity contribution in [3.8, 4) is 5.75 Å². The van der Waals surface area contributed by atoms with Crippen molar-refractivity contribution < 1.29 is 23.9 Å². The van der Waals surface area contributed by atoms with Crippen molar-refractivity contribution in [1.29, 1.82) is 0 Å². The third-order valence-electron chi connectivity index (χ3n) is 4.12. The van der Waals surface area contributed by atoms with Gasteiger partial charge in [0.25, 0.3) is 11.1 Å². The highest BCUT2D eigenvalue weighted by Gasteiger charge is 2.36. The summed E-state index contributed by atoms with van der Waals surface area (Å²) < 4.78 is 11.5. The minimum Gasteiger partial charge on any atom is -0.488 e. The van der Waals surface area contributed by atoms with Crippen LogP contribution in [0.15, 0.2) is 41.3 Å². The lowest BCUT2D eigenvalue weighted by Gasteiger charge is -2.11. The first kappa shape index (κ1) is 23.9. The third-order valence-corrected chi connectivity index (χ3v) is 6.46. The molecule has 0 N–H and O–H groups in total. The number of nitrogens with zero attached hydrogens (tertiary/aromatic N) is 1. The first-order valence-corrected chi connectivity index (χ1v) is 11.7. The summed E-state index contributed by atoms with van der Waals surface area (Å²) in [6, 6.07) is 10.6. The van der Waals surface area contributed by atoms with E-state index in [9.17, 15) is 14.4 Å². The Morgan fingerprint density at radius 2 is 1.97 bits per heavy atom. The average molecular weight is 592 g/mol. The minimum absolute atomic E-state index is 0.183. The molecule has 0 atom stereocenters. The van der Waals surface area contributed by atoms with Crippen molar-refractivity contribution in [2.24, 2.45) is 0 Å². The topological polar surface area (TPSA) is 72.9 Å². The second-order valence-corrected chi connectivity index (χ2v) is 9.29. The fraction of sp³-hybridized carbons (Fsp3) is 0.190. The third kappa shape index (κ3) is 6.15. The standard InChI is InChI=1S/C21H16Cl2INO5S/c1-2-29-19(26)10-25-20(27)18(31-21(25)28)8-12-3-6-17(16(24)7-12)30-11-13-4-5-14(22)9-15(13)23/h3-9H,2,10-11H2,1H3/b18-8+. The highest BCUT2D eigenvalue weighted by molar-refractivity contribution is 14.1. The molecule has 0 saturated carbocycles. The predicted octanol–water partition coefficient (Wildman–Crippen LogP) is 5.78. The lowest BCUT2D eigenvalue weighted by molar-refractivity contribution is -0.145. The maximum Gasteiger partial charge on any atom is 0.326 e. The molecule has 1 saturated heterocycles. The van der Waals surface area contributed by atoms with E-state index in [4.69, 9.17) is 32.7 Å². The lowest BCUT2D eigenvalue weighted by atomic mass is 10.2. The van der Waals surface area contributed by atoms with E-state index in [0.717, 1.165) is 31.4 Å². The van der Waals surface area contributed by atoms with Crippen LogP contribution in [0.25, 0.3) is 6.08 Å². The molecule has 2 aromatic carbocycles. The summed E-state index contributed by atoms with van der Waals surface area (Å²) in [6.45, 7) is 1.72. The summed E-state index contributed by atoms with van der Waals surface area (Å²) in [7, 11) is 0. The Morgan fingerprint density at radius 1 is 1.19 bits per heavy atom. The fourth-order valence-electron chi connectivity index (χ4n) is 2.64. The summed E-state index contributed by atoms with van der Waals surface area (Å²) >= 11 is 15.0. The molecule has 0 spiro atoms. The van der Waals surface area contributed by atoms with Crippen molar-refractivity contribution in [2.45, 2.75) is 13.5 Å². The molecule has 31 heavy (non-hydrogen) atoms. The average Bonchev–Trinajstić information content (AvgIpc) is 2.96. The molecule has 2 amide bonds. The summed E-state index contributed by atoms with van der Waals surface area (Å²) in [6.07, 6.45) is 1.61. The van der Waals surface area contributed by atoms with Crippen LogP contribution in [0.1, 0.15) is 18.1 Å². The Balaban J connectivity index is 1.69. The van der Waals surface area contributed by atoms with E-state index in [1.165, 1.54) is 0 Å². The number of rotatable bonds is 7. The van der Waals surface area contributed by atoms with Crippen LogP contribution in [0, 0.1) is 3.57 Å². The number of hydrogen-bond acceptors (Lipinski definition) is 6. The molecule has 0 unspecified atom stereocenters. The molecule has 10 heteroatoms. The minimum atomic E-state index is -0.622. The molecular formula is C21H16Cl2INO5S. The van der Waals surface area contributed by atoms with E-state index in [-0.39, 0.29) is 18.1 Å². The van der Waals surface area contributed by atoms with Crippen LogP contribution in [0.2, 0.25) is 10.0 Å². The van der Waals surface area contributed by atoms with Gasteiger partial charge in [-0.15, -0.1) is 0 Å². The zero-order valence-corrected chi connectivity index (χ0v) is 20.7. The molecule has 162 valence electrons. The van der Waals surface area contributed by atoms with Crippen molar-refractivity contribution in [1.82, 2.24) is 4.90 Å². The largest absolute Gasteiger partial charge is 0.488 e. The van der Waals surface area contributed by atoms with E-state index < -0.39 is 23.7 Å². The van der Waals surface area contributed by atoms with E-state index in [0.29, 0.717) is 15.8 Å². The Bertz CT molecular complexity index is 1080. The number of benzene rings is 2. The zero-order chi connectivity index (χ0) is 22.5. The number of hydrogen-bond donors (Lipinski definition) is 0. The van der Waals surface area contributed by atoms with Gasteiger partial charge in [-0.2, -0.15) is 0 Å². The van der Waals surface area contributed by atoms with E-state index in [2.05, 4.69) is 22.6 Å². The molecule has 0 aliphatic carbocycles. The molecular weight excluding hydrogens is 576 g/mol. The first-order chi connectivity index (χ1) is 14.8. The molecule has 0 aromatic heterocycles. The van der Waals surface area contributed by atoms with E-state index in [1.807, 2.05) is 6.07 Å². The smallest absolute Gasteiger partial charge is 0.326 e. The summed E-state index contributed by atoms with van der Waals surface area (Å²) in [5.41, 5.74) is 1.53. The summed E-state index contributed by atoms with van der Waals surface area (Å²) in [4.78, 5) is 37.3. The number of imide groups is 1. The van der Waals surface area contributed by atoms with Gasteiger partial charge in [0.2, 0.25) is 0 Å². The van der Waals surface area contributed by atoms with Crippen molar-refractivity contribution >= 4 is 80.7 Å². The second-order valence-electron chi connectivity index (χ2n) is 6.29. The number of ether oxygens (including phenoxy) is 2. The first-order valence-electron chi connectivity index (χ1n) is 9.05. The van der Waals surface area contributed by atoms with Gasteiger partial charge in [-0.05, 0) is 77.2 Å². The molecule has 2 aromatic rings. The van der Waals surface area contributed by atoms with Crippen LogP contribution in [0.4, 0.5) is 4.79 Å². The van der Waals surface area contributed by atoms with Crippen LogP contribution in [-0.4, -0.2) is 35.2 Å². The van der Waals surface area contributed by atoms with Gasteiger partial charge >= 0.3 is 5.97 Å². The number of carbonyl (C=O) groups is 3. The molecule has 6 nitrogen and oxygen atoms in total. The lowest BCUT2D eigenvalue weighted by Crippen LogP contribution is -2.34. The Labute approximate surface area is 207 Å². The van der Waals surface area contributed by atoms with Gasteiger partial charge in [0.15, 0.2) is 0 Å². The number of carbonyl (C=O) groups excluding carboxylic acids is 3. The van der Waals surface area contributed by atoms with Gasteiger partial charge in [0.1, 0.15) is 18.9 Å². The fourth-order valence-corrected chi connectivity index (χ4v) is 4.64. The number of thioether (sulfide) groups is 1. The molecule has 3 rings (SSSR count). The Hall–Kier alpha value is -1.75. The SMILES string of the molecule is CCOC(=O)CN1C(=O)S/C(=C/c2ccc(OCc3ccc(Cl)cc3Cl)c(I)c2)C1=O. The normalized spacial score (nSPS) is 15.0. The monoisotopic (exact) mass is 591 g/mol. The van der Waals surface area contributed by atoms with Crippen LogP contribution >= 0.6 is 57.6 Å². The van der Waals surface area contributed by atoms with Gasteiger partial charge in [-0.25, -0.2) is 0 Å². The highest BCUT2D eigenvalue weighted by Crippen LogP contribution is 2.33. The number of halogens is 3. The van der Waals surface area contributed by atoms with Crippen LogP contribution in [-0.2, 0) is 20.9 Å². The zero-order valence-electron chi connectivity index (χ0n) is 16.2. The van der Waals surface area contributed by atoms with Crippen molar-refractivity contribution in [3.63, 3.8) is 0 Å². The van der Waals surface area contributed by atoms with Crippen LogP contribution in [0.3, 0.4) is 0 Å². The Kier molecular flexibility index (Phi) is 8.26. The maximum atomic E-state index is 12.5. The van der Waals surface area contributed by atoms with E-state index >= 15 is 0 Å². The van der Waals surface area contributed by atoms with Gasteiger partial charge < -0.3 is 9.47 Å². The molecule has 0 radical (unpaired) electrons. The molecule has 1 fully saturated rings. The highest BCUT2D eigenvalue weighted by atomic mass is 127. The second kappa shape index (κ2) is 10.7. The summed E-state index contributed by atoms with van der Waals surface area (Å²) in [5.74, 6) is -0.488. The van der Waals surface area contributed by atoms with Gasteiger partial charge in [-0.1, -0.05) is 35.3 Å². The van der Waals surface area contributed by atoms with Crippen LogP contribution in [0.5, 0.6) is 5.75 Å². The van der Waals surface area contributed by atoms with Gasteiger partial charge in [-0.3, -0.25) is 19.3 Å². The molecule has 1 aliphatic heterocycles. The number of esters is 1. The Morgan fingerprint density at radius 3 is 2.65 bits per heavy atom. The quantitative estimate of drug-likeness (QED) is 0.231. The molecule has 1 heterocycles. The van der Waals surface area contributed by atoms with Crippen molar-refractivity contribution in [2.75, 3.05) is 13.2 Å².